The van der Waals surface area contributed by atoms with Gasteiger partial charge in [0.2, 0.25) is 5.79 Å². The Hall–Kier alpha value is -1.28. The van der Waals surface area contributed by atoms with E-state index in [4.69, 9.17) is 9.47 Å². The molecule has 82 valence electrons. The Bertz CT molecular complexity index is 300. The van der Waals surface area contributed by atoms with Crippen molar-refractivity contribution in [2.45, 2.75) is 26.1 Å². The van der Waals surface area contributed by atoms with Gasteiger partial charge in [0.25, 0.3) is 0 Å². The Morgan fingerprint density at radius 3 is 2.47 bits per heavy atom. The molecule has 0 bridgehead atoms. The lowest BCUT2D eigenvalue weighted by molar-refractivity contribution is -0.177. The van der Waals surface area contributed by atoms with Crippen molar-refractivity contribution in [3.8, 4) is 0 Å². The molecule has 1 atom stereocenters. The second kappa shape index (κ2) is 5.56. The lowest BCUT2D eigenvalue weighted by atomic mass is 10.2. The number of hydrogen-bond donors (Lipinski definition) is 0. The Labute approximate surface area is 91.5 Å². The highest BCUT2D eigenvalue weighted by Crippen LogP contribution is 2.16. The van der Waals surface area contributed by atoms with E-state index in [9.17, 15) is 0 Å². The maximum Gasteiger partial charge on any atom is 0.206 e. The molecule has 0 aromatic heterocycles. The van der Waals surface area contributed by atoms with E-state index in [0.29, 0.717) is 0 Å². The van der Waals surface area contributed by atoms with E-state index in [0.717, 1.165) is 12.0 Å². The molecule has 1 unspecified atom stereocenters. The summed E-state index contributed by atoms with van der Waals surface area (Å²) in [4.78, 5) is 0. The van der Waals surface area contributed by atoms with Gasteiger partial charge in [0.05, 0.1) is 6.26 Å². The van der Waals surface area contributed by atoms with Crippen LogP contribution in [0.1, 0.15) is 25.8 Å². The molecule has 1 aromatic carbocycles. The molecule has 0 aliphatic rings. The van der Waals surface area contributed by atoms with E-state index in [1.807, 2.05) is 50.3 Å². The molecular weight excluding hydrogens is 188 g/mol. The number of rotatable bonds is 5. The standard InChI is InChI=1S/C13H18O2/c1-4-13(2,14-3)15-11-10-12-8-6-5-7-9-12/h5-11H,4H2,1-3H3. The molecule has 0 aliphatic carbocycles. The third kappa shape index (κ3) is 3.76. The summed E-state index contributed by atoms with van der Waals surface area (Å²) in [5.74, 6) is -0.523. The van der Waals surface area contributed by atoms with Crippen molar-refractivity contribution in [3.63, 3.8) is 0 Å². The van der Waals surface area contributed by atoms with Crippen molar-refractivity contribution >= 4 is 6.08 Å². The van der Waals surface area contributed by atoms with Crippen LogP contribution in [-0.4, -0.2) is 12.9 Å². The minimum Gasteiger partial charge on any atom is -0.470 e. The number of benzene rings is 1. The van der Waals surface area contributed by atoms with Crippen LogP contribution < -0.4 is 0 Å². The molecule has 0 saturated heterocycles. The van der Waals surface area contributed by atoms with E-state index in [1.165, 1.54) is 0 Å². The maximum absolute atomic E-state index is 5.53. The van der Waals surface area contributed by atoms with Gasteiger partial charge in [-0.3, -0.25) is 0 Å². The quantitative estimate of drug-likeness (QED) is 0.542. The van der Waals surface area contributed by atoms with Crippen LogP contribution in [0.5, 0.6) is 0 Å². The smallest absolute Gasteiger partial charge is 0.206 e. The van der Waals surface area contributed by atoms with Gasteiger partial charge in [0.1, 0.15) is 0 Å². The van der Waals surface area contributed by atoms with Gasteiger partial charge in [-0.25, -0.2) is 0 Å². The predicted octanol–water partition coefficient (Wildman–Crippen LogP) is 3.45. The number of ether oxygens (including phenoxy) is 2. The van der Waals surface area contributed by atoms with Gasteiger partial charge < -0.3 is 9.47 Å². The van der Waals surface area contributed by atoms with Crippen molar-refractivity contribution in [1.82, 2.24) is 0 Å². The first-order valence-corrected chi connectivity index (χ1v) is 5.15. The zero-order valence-corrected chi connectivity index (χ0v) is 9.57. The lowest BCUT2D eigenvalue weighted by Crippen LogP contribution is -2.27. The van der Waals surface area contributed by atoms with Crippen molar-refractivity contribution in [1.29, 1.82) is 0 Å². The summed E-state index contributed by atoms with van der Waals surface area (Å²) in [6.07, 6.45) is 4.41. The SMILES string of the molecule is CCC(C)(OC)OC=Cc1ccccc1. The van der Waals surface area contributed by atoms with Crippen LogP contribution in [0, 0.1) is 0 Å². The Morgan fingerprint density at radius 2 is 1.93 bits per heavy atom. The zero-order chi connectivity index (χ0) is 11.1. The summed E-state index contributed by atoms with van der Waals surface area (Å²) in [5.41, 5.74) is 1.12. The molecule has 0 radical (unpaired) electrons. The summed E-state index contributed by atoms with van der Waals surface area (Å²) in [6, 6.07) is 10.0. The molecule has 0 heterocycles. The van der Waals surface area contributed by atoms with Crippen molar-refractivity contribution in [2.75, 3.05) is 7.11 Å². The minimum absolute atomic E-state index is 0.523. The maximum atomic E-state index is 5.53. The molecule has 1 rings (SSSR count). The normalized spacial score (nSPS) is 15.1. The largest absolute Gasteiger partial charge is 0.470 e. The molecule has 0 amide bonds. The number of methoxy groups -OCH3 is 1. The van der Waals surface area contributed by atoms with Crippen molar-refractivity contribution < 1.29 is 9.47 Å². The number of hydrogen-bond acceptors (Lipinski definition) is 2. The first kappa shape index (κ1) is 11.8. The molecule has 0 aliphatic heterocycles. The van der Waals surface area contributed by atoms with Crippen molar-refractivity contribution in [3.05, 3.63) is 42.2 Å². The molecular formula is C13H18O2. The molecule has 0 fully saturated rings. The van der Waals surface area contributed by atoms with E-state index in [1.54, 1.807) is 13.4 Å². The van der Waals surface area contributed by atoms with Crippen LogP contribution in [-0.2, 0) is 9.47 Å². The van der Waals surface area contributed by atoms with Gasteiger partial charge in [-0.1, -0.05) is 37.3 Å². The van der Waals surface area contributed by atoms with E-state index < -0.39 is 5.79 Å². The molecule has 15 heavy (non-hydrogen) atoms. The first-order chi connectivity index (χ1) is 7.20. The lowest BCUT2D eigenvalue weighted by Gasteiger charge is -2.25. The summed E-state index contributed by atoms with van der Waals surface area (Å²) >= 11 is 0. The van der Waals surface area contributed by atoms with Gasteiger partial charge in [-0.15, -0.1) is 0 Å². The molecule has 2 heteroatoms. The summed E-state index contributed by atoms with van der Waals surface area (Å²) in [7, 11) is 1.65. The van der Waals surface area contributed by atoms with Gasteiger partial charge in [0, 0.05) is 20.5 Å². The van der Waals surface area contributed by atoms with Gasteiger partial charge in [0.15, 0.2) is 0 Å². The minimum atomic E-state index is -0.523. The molecule has 0 spiro atoms. The van der Waals surface area contributed by atoms with Gasteiger partial charge >= 0.3 is 0 Å². The fraction of sp³-hybridized carbons (Fsp3) is 0.385. The third-order valence-corrected chi connectivity index (χ3v) is 2.45. The highest BCUT2D eigenvalue weighted by atomic mass is 16.7. The van der Waals surface area contributed by atoms with Gasteiger partial charge in [-0.05, 0) is 11.6 Å². The molecule has 0 saturated carbocycles. The molecule has 1 aromatic rings. The van der Waals surface area contributed by atoms with Crippen LogP contribution in [0.15, 0.2) is 36.6 Å². The fourth-order valence-electron chi connectivity index (χ4n) is 1.10. The first-order valence-electron chi connectivity index (χ1n) is 5.15. The van der Waals surface area contributed by atoms with E-state index >= 15 is 0 Å². The van der Waals surface area contributed by atoms with Crippen LogP contribution in [0.2, 0.25) is 0 Å². The van der Waals surface area contributed by atoms with Crippen LogP contribution in [0.3, 0.4) is 0 Å². The average Bonchev–Trinajstić information content (AvgIpc) is 2.30. The Balaban J connectivity index is 2.53. The second-order valence-electron chi connectivity index (χ2n) is 3.52. The topological polar surface area (TPSA) is 18.5 Å². The third-order valence-electron chi connectivity index (χ3n) is 2.45. The van der Waals surface area contributed by atoms with Crippen LogP contribution in [0.25, 0.3) is 6.08 Å². The van der Waals surface area contributed by atoms with Crippen molar-refractivity contribution in [2.24, 2.45) is 0 Å². The summed E-state index contributed by atoms with van der Waals surface area (Å²) in [6.45, 7) is 3.95. The summed E-state index contributed by atoms with van der Waals surface area (Å²) < 4.78 is 10.8. The fourth-order valence-corrected chi connectivity index (χ4v) is 1.10. The predicted molar refractivity (Wildman–Crippen MR) is 62.3 cm³/mol. The monoisotopic (exact) mass is 206 g/mol. The van der Waals surface area contributed by atoms with E-state index in [-0.39, 0.29) is 0 Å². The molecule has 2 nitrogen and oxygen atoms in total. The summed E-state index contributed by atoms with van der Waals surface area (Å²) in [5, 5.41) is 0. The van der Waals surface area contributed by atoms with E-state index in [2.05, 4.69) is 0 Å². The van der Waals surface area contributed by atoms with Crippen LogP contribution >= 0.6 is 0 Å². The van der Waals surface area contributed by atoms with Gasteiger partial charge in [-0.2, -0.15) is 0 Å². The molecule has 0 N–H and O–H groups in total. The second-order valence-corrected chi connectivity index (χ2v) is 3.52. The Kier molecular flexibility index (Phi) is 4.37. The van der Waals surface area contributed by atoms with Crippen LogP contribution in [0.4, 0.5) is 0 Å². The average molecular weight is 206 g/mol. The highest BCUT2D eigenvalue weighted by molar-refractivity contribution is 5.47. The Morgan fingerprint density at radius 1 is 1.27 bits per heavy atom. The zero-order valence-electron chi connectivity index (χ0n) is 9.57. The highest BCUT2D eigenvalue weighted by Gasteiger charge is 2.20.